The maximum absolute atomic E-state index is 6.05. The highest BCUT2D eigenvalue weighted by Gasteiger charge is 2.35. The largest absolute Gasteiger partial charge is 0.381 e. The lowest BCUT2D eigenvalue weighted by atomic mass is 9.86. The zero-order valence-electron chi connectivity index (χ0n) is 12.5. The first-order valence-corrected chi connectivity index (χ1v) is 7.73. The smallest absolute Gasteiger partial charge is 0.0547 e. The SMILES string of the molecule is CCNCC1(CN(C)Cc2cccc(Cl)c2)CCOC1. The Morgan fingerprint density at radius 2 is 2.30 bits per heavy atom. The lowest BCUT2D eigenvalue weighted by molar-refractivity contribution is 0.117. The summed E-state index contributed by atoms with van der Waals surface area (Å²) < 4.78 is 5.64. The summed E-state index contributed by atoms with van der Waals surface area (Å²) in [6, 6.07) is 8.10. The van der Waals surface area contributed by atoms with Gasteiger partial charge in [-0.2, -0.15) is 0 Å². The Morgan fingerprint density at radius 1 is 1.45 bits per heavy atom. The molecule has 0 radical (unpaired) electrons. The Bertz CT molecular complexity index is 419. The van der Waals surface area contributed by atoms with Gasteiger partial charge in [0.1, 0.15) is 0 Å². The number of nitrogens with zero attached hydrogens (tertiary/aromatic N) is 1. The minimum Gasteiger partial charge on any atom is -0.381 e. The van der Waals surface area contributed by atoms with Crippen LogP contribution in [0.3, 0.4) is 0 Å². The van der Waals surface area contributed by atoms with Crippen LogP contribution in [0.2, 0.25) is 5.02 Å². The maximum atomic E-state index is 6.05. The molecule has 0 spiro atoms. The predicted octanol–water partition coefficient (Wildman–Crippen LogP) is 2.79. The van der Waals surface area contributed by atoms with E-state index in [1.807, 2.05) is 18.2 Å². The number of benzene rings is 1. The van der Waals surface area contributed by atoms with Crippen molar-refractivity contribution in [2.24, 2.45) is 5.41 Å². The molecule has 4 heteroatoms. The molecule has 0 aliphatic carbocycles. The first-order chi connectivity index (χ1) is 9.63. The van der Waals surface area contributed by atoms with Crippen molar-refractivity contribution in [2.75, 3.05) is 39.9 Å². The van der Waals surface area contributed by atoms with Gasteiger partial charge in [0, 0.05) is 36.7 Å². The third kappa shape index (κ3) is 4.45. The molecule has 1 N–H and O–H groups in total. The Labute approximate surface area is 127 Å². The molecule has 1 fully saturated rings. The van der Waals surface area contributed by atoms with Crippen molar-refractivity contribution in [2.45, 2.75) is 19.9 Å². The second kappa shape index (κ2) is 7.41. The van der Waals surface area contributed by atoms with Gasteiger partial charge in [0.25, 0.3) is 0 Å². The van der Waals surface area contributed by atoms with Crippen LogP contribution in [0.15, 0.2) is 24.3 Å². The molecule has 1 unspecified atom stereocenters. The number of nitrogens with one attached hydrogen (secondary N) is 1. The van der Waals surface area contributed by atoms with Crippen LogP contribution in [0.4, 0.5) is 0 Å². The van der Waals surface area contributed by atoms with Crippen molar-refractivity contribution < 1.29 is 4.74 Å². The molecular formula is C16H25ClN2O. The van der Waals surface area contributed by atoms with Gasteiger partial charge in [-0.25, -0.2) is 0 Å². The molecule has 1 aliphatic rings. The van der Waals surface area contributed by atoms with Gasteiger partial charge >= 0.3 is 0 Å². The van der Waals surface area contributed by atoms with Crippen LogP contribution in [0, 0.1) is 5.41 Å². The van der Waals surface area contributed by atoms with Crippen LogP contribution in [0.25, 0.3) is 0 Å². The summed E-state index contributed by atoms with van der Waals surface area (Å²) >= 11 is 6.05. The van der Waals surface area contributed by atoms with E-state index >= 15 is 0 Å². The molecule has 112 valence electrons. The van der Waals surface area contributed by atoms with Gasteiger partial charge in [0.05, 0.1) is 6.61 Å². The Hall–Kier alpha value is -0.610. The van der Waals surface area contributed by atoms with E-state index in [4.69, 9.17) is 16.3 Å². The molecule has 1 atom stereocenters. The summed E-state index contributed by atoms with van der Waals surface area (Å²) in [7, 11) is 2.17. The monoisotopic (exact) mass is 296 g/mol. The van der Waals surface area contributed by atoms with Gasteiger partial charge in [-0.1, -0.05) is 30.7 Å². The van der Waals surface area contributed by atoms with Crippen molar-refractivity contribution in [1.82, 2.24) is 10.2 Å². The van der Waals surface area contributed by atoms with Gasteiger partial charge < -0.3 is 15.0 Å². The quantitative estimate of drug-likeness (QED) is 0.837. The average Bonchev–Trinajstić information content (AvgIpc) is 2.85. The lowest BCUT2D eigenvalue weighted by Gasteiger charge is -2.32. The number of hydrogen-bond donors (Lipinski definition) is 1. The Morgan fingerprint density at radius 3 is 2.95 bits per heavy atom. The van der Waals surface area contributed by atoms with E-state index in [1.54, 1.807) is 0 Å². The van der Waals surface area contributed by atoms with E-state index in [0.717, 1.165) is 50.8 Å². The fraction of sp³-hybridized carbons (Fsp3) is 0.625. The summed E-state index contributed by atoms with van der Waals surface area (Å²) in [4.78, 5) is 2.37. The lowest BCUT2D eigenvalue weighted by Crippen LogP contribution is -2.43. The fourth-order valence-corrected chi connectivity index (χ4v) is 3.15. The van der Waals surface area contributed by atoms with Crippen molar-refractivity contribution in [3.63, 3.8) is 0 Å². The summed E-state index contributed by atoms with van der Waals surface area (Å²) in [5, 5.41) is 4.29. The summed E-state index contributed by atoms with van der Waals surface area (Å²) in [5.41, 5.74) is 1.51. The van der Waals surface area contributed by atoms with E-state index < -0.39 is 0 Å². The first kappa shape index (κ1) is 15.8. The topological polar surface area (TPSA) is 24.5 Å². The van der Waals surface area contributed by atoms with Crippen molar-refractivity contribution in [3.8, 4) is 0 Å². The van der Waals surface area contributed by atoms with E-state index in [9.17, 15) is 0 Å². The normalized spacial score (nSPS) is 22.6. The molecule has 1 aromatic carbocycles. The predicted molar refractivity (Wildman–Crippen MR) is 84.2 cm³/mol. The molecule has 0 aromatic heterocycles. The molecule has 0 saturated carbocycles. The molecule has 1 heterocycles. The third-order valence-corrected chi connectivity index (χ3v) is 4.12. The highest BCUT2D eigenvalue weighted by Crippen LogP contribution is 2.29. The Kier molecular flexibility index (Phi) is 5.85. The summed E-state index contributed by atoms with van der Waals surface area (Å²) in [5.74, 6) is 0. The highest BCUT2D eigenvalue weighted by atomic mass is 35.5. The minimum atomic E-state index is 0.253. The average molecular weight is 297 g/mol. The summed E-state index contributed by atoms with van der Waals surface area (Å²) in [6.07, 6.45) is 1.14. The third-order valence-electron chi connectivity index (χ3n) is 3.88. The maximum Gasteiger partial charge on any atom is 0.0547 e. The van der Waals surface area contributed by atoms with Gasteiger partial charge in [-0.15, -0.1) is 0 Å². The van der Waals surface area contributed by atoms with E-state index in [0.29, 0.717) is 0 Å². The second-order valence-electron chi connectivity index (χ2n) is 5.89. The number of rotatable bonds is 7. The fourth-order valence-electron chi connectivity index (χ4n) is 2.94. The van der Waals surface area contributed by atoms with Crippen LogP contribution >= 0.6 is 11.6 Å². The van der Waals surface area contributed by atoms with Crippen molar-refractivity contribution >= 4 is 11.6 Å². The Balaban J connectivity index is 1.93. The molecular weight excluding hydrogens is 272 g/mol. The van der Waals surface area contributed by atoms with E-state index in [-0.39, 0.29) is 5.41 Å². The van der Waals surface area contributed by atoms with Crippen LogP contribution < -0.4 is 5.32 Å². The molecule has 0 amide bonds. The number of halogens is 1. The molecule has 20 heavy (non-hydrogen) atoms. The summed E-state index contributed by atoms with van der Waals surface area (Å²) in [6.45, 7) is 7.92. The van der Waals surface area contributed by atoms with Crippen molar-refractivity contribution in [1.29, 1.82) is 0 Å². The van der Waals surface area contributed by atoms with E-state index in [2.05, 4.69) is 30.3 Å². The zero-order chi connectivity index (χ0) is 14.4. The van der Waals surface area contributed by atoms with Crippen LogP contribution in [0.1, 0.15) is 18.9 Å². The first-order valence-electron chi connectivity index (χ1n) is 7.35. The molecule has 1 aromatic rings. The van der Waals surface area contributed by atoms with Gasteiger partial charge in [0.2, 0.25) is 0 Å². The zero-order valence-corrected chi connectivity index (χ0v) is 13.2. The van der Waals surface area contributed by atoms with Crippen LogP contribution in [-0.2, 0) is 11.3 Å². The van der Waals surface area contributed by atoms with E-state index in [1.165, 1.54) is 5.56 Å². The van der Waals surface area contributed by atoms with Crippen LogP contribution in [-0.4, -0.2) is 44.8 Å². The van der Waals surface area contributed by atoms with Gasteiger partial charge in [-0.3, -0.25) is 0 Å². The van der Waals surface area contributed by atoms with Gasteiger partial charge in [0.15, 0.2) is 0 Å². The molecule has 1 aliphatic heterocycles. The molecule has 3 nitrogen and oxygen atoms in total. The molecule has 1 saturated heterocycles. The highest BCUT2D eigenvalue weighted by molar-refractivity contribution is 6.30. The second-order valence-corrected chi connectivity index (χ2v) is 6.32. The standard InChI is InChI=1S/C16H25ClN2O/c1-3-18-11-16(7-8-20-13-16)12-19(2)10-14-5-4-6-15(17)9-14/h4-6,9,18H,3,7-8,10-13H2,1-2H3. The molecule has 0 bridgehead atoms. The number of hydrogen-bond acceptors (Lipinski definition) is 3. The van der Waals surface area contributed by atoms with Gasteiger partial charge in [-0.05, 0) is 37.7 Å². The minimum absolute atomic E-state index is 0.253. The van der Waals surface area contributed by atoms with Crippen molar-refractivity contribution in [3.05, 3.63) is 34.9 Å². The van der Waals surface area contributed by atoms with Crippen LogP contribution in [0.5, 0.6) is 0 Å². The molecule has 2 rings (SSSR count). The number of ether oxygens (including phenoxy) is 1.